The summed E-state index contributed by atoms with van der Waals surface area (Å²) in [5, 5.41) is 6.46. The van der Waals surface area contributed by atoms with Crippen molar-refractivity contribution in [3.05, 3.63) is 16.6 Å². The number of aromatic nitrogens is 1. The zero-order chi connectivity index (χ0) is 13.0. The molecule has 0 unspecified atom stereocenters. The van der Waals surface area contributed by atoms with E-state index >= 15 is 0 Å². The van der Waals surface area contributed by atoms with Crippen LogP contribution in [0.2, 0.25) is 0 Å². The Bertz CT molecular complexity index is 380. The minimum atomic E-state index is 0.197. The normalized spacial score (nSPS) is 23.9. The summed E-state index contributed by atoms with van der Waals surface area (Å²) in [6.45, 7) is 3.87. The Kier molecular flexibility index (Phi) is 4.72. The standard InChI is InChI=1S/C13H21N3OS/c1-10-9-11(3-5-14-10)13(17)16(2)7-4-12-15-6-8-18-12/h6,8,10-11,14H,3-5,7,9H2,1-2H3/t10-,11-/m0/s1. The highest BCUT2D eigenvalue weighted by molar-refractivity contribution is 7.09. The van der Waals surface area contributed by atoms with Gasteiger partial charge in [0, 0.05) is 43.5 Å². The van der Waals surface area contributed by atoms with Crippen molar-refractivity contribution in [1.82, 2.24) is 15.2 Å². The lowest BCUT2D eigenvalue weighted by atomic mass is 9.92. The summed E-state index contributed by atoms with van der Waals surface area (Å²) < 4.78 is 0. The monoisotopic (exact) mass is 267 g/mol. The molecule has 2 heterocycles. The first-order valence-electron chi connectivity index (χ1n) is 6.53. The van der Waals surface area contributed by atoms with Gasteiger partial charge in [0.15, 0.2) is 0 Å². The highest BCUT2D eigenvalue weighted by Crippen LogP contribution is 2.18. The van der Waals surface area contributed by atoms with Gasteiger partial charge in [0.2, 0.25) is 5.91 Å². The number of piperidine rings is 1. The van der Waals surface area contributed by atoms with Crippen molar-refractivity contribution in [3.63, 3.8) is 0 Å². The van der Waals surface area contributed by atoms with E-state index in [-0.39, 0.29) is 5.92 Å². The molecule has 1 aliphatic heterocycles. The molecule has 2 rings (SSSR count). The summed E-state index contributed by atoms with van der Waals surface area (Å²) in [6.07, 6.45) is 4.60. The molecule has 100 valence electrons. The SMILES string of the molecule is C[C@H]1C[C@@H](C(=O)N(C)CCc2nccs2)CCN1. The van der Waals surface area contributed by atoms with E-state index in [1.807, 2.05) is 23.5 Å². The maximum Gasteiger partial charge on any atom is 0.225 e. The van der Waals surface area contributed by atoms with Gasteiger partial charge in [0.05, 0.1) is 5.01 Å². The molecule has 5 heteroatoms. The molecule has 1 aliphatic rings. The number of nitrogens with zero attached hydrogens (tertiary/aromatic N) is 2. The van der Waals surface area contributed by atoms with E-state index in [2.05, 4.69) is 17.2 Å². The molecule has 0 radical (unpaired) electrons. The summed E-state index contributed by atoms with van der Waals surface area (Å²) in [7, 11) is 1.91. The number of thiazole rings is 1. The van der Waals surface area contributed by atoms with Gasteiger partial charge in [0.25, 0.3) is 0 Å². The minimum Gasteiger partial charge on any atom is -0.345 e. The Balaban J connectivity index is 1.80. The van der Waals surface area contributed by atoms with E-state index in [0.29, 0.717) is 11.9 Å². The number of carbonyl (C=O) groups is 1. The molecule has 0 spiro atoms. The van der Waals surface area contributed by atoms with Crippen LogP contribution in [0.4, 0.5) is 0 Å². The Labute approximate surface area is 112 Å². The average Bonchev–Trinajstić information content (AvgIpc) is 2.88. The van der Waals surface area contributed by atoms with Crippen LogP contribution in [0.15, 0.2) is 11.6 Å². The summed E-state index contributed by atoms with van der Waals surface area (Å²) in [5.74, 6) is 0.488. The van der Waals surface area contributed by atoms with Crippen LogP contribution in [0.3, 0.4) is 0 Å². The van der Waals surface area contributed by atoms with E-state index in [1.54, 1.807) is 11.3 Å². The van der Waals surface area contributed by atoms with E-state index < -0.39 is 0 Å². The molecule has 4 nitrogen and oxygen atoms in total. The van der Waals surface area contributed by atoms with Crippen molar-refractivity contribution in [3.8, 4) is 0 Å². The van der Waals surface area contributed by atoms with E-state index in [9.17, 15) is 4.79 Å². The molecule has 0 saturated carbocycles. The van der Waals surface area contributed by atoms with Crippen LogP contribution in [0.1, 0.15) is 24.8 Å². The maximum atomic E-state index is 12.3. The quantitative estimate of drug-likeness (QED) is 0.900. The summed E-state index contributed by atoms with van der Waals surface area (Å²) in [6, 6.07) is 0.458. The Morgan fingerprint density at radius 3 is 3.17 bits per heavy atom. The van der Waals surface area contributed by atoms with Gasteiger partial charge in [-0.3, -0.25) is 4.79 Å². The number of rotatable bonds is 4. The first kappa shape index (κ1) is 13.5. The fourth-order valence-electron chi connectivity index (χ4n) is 2.42. The minimum absolute atomic E-state index is 0.197. The molecule has 0 aromatic carbocycles. The van der Waals surface area contributed by atoms with Crippen molar-refractivity contribution in [1.29, 1.82) is 0 Å². The molecule has 1 saturated heterocycles. The predicted octanol–water partition coefficient (Wildman–Crippen LogP) is 1.53. The Morgan fingerprint density at radius 1 is 1.67 bits per heavy atom. The van der Waals surface area contributed by atoms with Crippen LogP contribution in [-0.4, -0.2) is 42.0 Å². The zero-order valence-corrected chi connectivity index (χ0v) is 11.9. The van der Waals surface area contributed by atoms with Gasteiger partial charge in [-0.15, -0.1) is 11.3 Å². The Hall–Kier alpha value is -0.940. The second-order valence-electron chi connectivity index (χ2n) is 5.01. The molecule has 1 fully saturated rings. The van der Waals surface area contributed by atoms with Gasteiger partial charge in [-0.1, -0.05) is 0 Å². The van der Waals surface area contributed by atoms with Gasteiger partial charge in [0.1, 0.15) is 0 Å². The molecule has 1 N–H and O–H groups in total. The highest BCUT2D eigenvalue weighted by atomic mass is 32.1. The molecule has 2 atom stereocenters. The number of hydrogen-bond donors (Lipinski definition) is 1. The third-order valence-corrected chi connectivity index (χ3v) is 4.33. The number of amides is 1. The van der Waals surface area contributed by atoms with Crippen LogP contribution >= 0.6 is 11.3 Å². The summed E-state index contributed by atoms with van der Waals surface area (Å²) in [5.41, 5.74) is 0. The molecule has 1 aromatic heterocycles. The van der Waals surface area contributed by atoms with Gasteiger partial charge in [-0.25, -0.2) is 4.98 Å². The van der Waals surface area contributed by atoms with Crippen molar-refractivity contribution in [2.75, 3.05) is 20.1 Å². The van der Waals surface area contributed by atoms with Crippen molar-refractivity contribution >= 4 is 17.2 Å². The molecular weight excluding hydrogens is 246 g/mol. The van der Waals surface area contributed by atoms with Gasteiger partial charge in [-0.2, -0.15) is 0 Å². The van der Waals surface area contributed by atoms with Crippen LogP contribution in [0, 0.1) is 5.92 Å². The molecule has 18 heavy (non-hydrogen) atoms. The molecule has 0 aliphatic carbocycles. The van der Waals surface area contributed by atoms with Crippen LogP contribution < -0.4 is 5.32 Å². The maximum absolute atomic E-state index is 12.3. The van der Waals surface area contributed by atoms with Gasteiger partial charge < -0.3 is 10.2 Å². The van der Waals surface area contributed by atoms with E-state index in [0.717, 1.165) is 37.4 Å². The third kappa shape index (κ3) is 3.53. The zero-order valence-electron chi connectivity index (χ0n) is 11.1. The number of nitrogens with one attached hydrogen (secondary N) is 1. The van der Waals surface area contributed by atoms with Crippen LogP contribution in [0.5, 0.6) is 0 Å². The van der Waals surface area contributed by atoms with Crippen LogP contribution in [-0.2, 0) is 11.2 Å². The number of hydrogen-bond acceptors (Lipinski definition) is 4. The van der Waals surface area contributed by atoms with Gasteiger partial charge >= 0.3 is 0 Å². The summed E-state index contributed by atoms with van der Waals surface area (Å²) >= 11 is 1.65. The lowest BCUT2D eigenvalue weighted by molar-refractivity contribution is -0.135. The van der Waals surface area contributed by atoms with Gasteiger partial charge in [-0.05, 0) is 26.3 Å². The van der Waals surface area contributed by atoms with Crippen molar-refractivity contribution in [2.45, 2.75) is 32.2 Å². The highest BCUT2D eigenvalue weighted by Gasteiger charge is 2.26. The molecule has 0 bridgehead atoms. The third-order valence-electron chi connectivity index (χ3n) is 3.49. The largest absolute Gasteiger partial charge is 0.345 e. The molecule has 1 aromatic rings. The van der Waals surface area contributed by atoms with Crippen molar-refractivity contribution in [2.24, 2.45) is 5.92 Å². The Morgan fingerprint density at radius 2 is 2.50 bits per heavy atom. The summed E-state index contributed by atoms with van der Waals surface area (Å²) in [4.78, 5) is 18.4. The number of carbonyl (C=O) groups excluding carboxylic acids is 1. The fraction of sp³-hybridized carbons (Fsp3) is 0.692. The lowest BCUT2D eigenvalue weighted by Gasteiger charge is -2.30. The molecule has 1 amide bonds. The predicted molar refractivity (Wildman–Crippen MR) is 73.6 cm³/mol. The molecular formula is C13H21N3OS. The van der Waals surface area contributed by atoms with E-state index in [1.165, 1.54) is 0 Å². The fourth-order valence-corrected chi connectivity index (χ4v) is 3.03. The average molecular weight is 267 g/mol. The number of likely N-dealkylation sites (N-methyl/N-ethyl adjacent to an activating group) is 1. The first-order valence-corrected chi connectivity index (χ1v) is 7.41. The second kappa shape index (κ2) is 6.29. The topological polar surface area (TPSA) is 45.2 Å². The van der Waals surface area contributed by atoms with E-state index in [4.69, 9.17) is 0 Å². The van der Waals surface area contributed by atoms with Crippen molar-refractivity contribution < 1.29 is 4.79 Å². The first-order chi connectivity index (χ1) is 8.66. The van der Waals surface area contributed by atoms with Crippen LogP contribution in [0.25, 0.3) is 0 Å². The second-order valence-corrected chi connectivity index (χ2v) is 5.99. The smallest absolute Gasteiger partial charge is 0.225 e. The lowest BCUT2D eigenvalue weighted by Crippen LogP contribution is -2.43.